The number of hydrogen-bond donors (Lipinski definition) is 3. The van der Waals surface area contributed by atoms with Crippen molar-refractivity contribution in [2.75, 3.05) is 23.8 Å². The summed E-state index contributed by atoms with van der Waals surface area (Å²) < 4.78 is 4.67. The maximum Gasteiger partial charge on any atom is 0.248 e. The van der Waals surface area contributed by atoms with Crippen LogP contribution in [0.2, 0.25) is 5.02 Å². The number of rotatable bonds is 8. The number of carbonyl (C=O) groups excluding carboxylic acids is 3. The van der Waals surface area contributed by atoms with Crippen molar-refractivity contribution in [3.05, 3.63) is 53.6 Å². The van der Waals surface area contributed by atoms with Gasteiger partial charge in [0.25, 0.3) is 0 Å². The zero-order chi connectivity index (χ0) is 27.2. The van der Waals surface area contributed by atoms with Gasteiger partial charge in [0.1, 0.15) is 11.8 Å². The molecule has 3 N–H and O–H groups in total. The molecule has 11 heteroatoms. The molecule has 3 heterocycles. The average molecular weight is 623 g/mol. The molecule has 2 bridgehead atoms. The van der Waals surface area contributed by atoms with E-state index in [1.807, 2.05) is 6.92 Å². The summed E-state index contributed by atoms with van der Waals surface area (Å²) in [5.41, 5.74) is 1.16. The van der Waals surface area contributed by atoms with Crippen LogP contribution in [0.25, 0.3) is 0 Å². The van der Waals surface area contributed by atoms with Crippen LogP contribution in [0.4, 0.5) is 11.4 Å². The van der Waals surface area contributed by atoms with Crippen LogP contribution in [0.3, 0.4) is 0 Å². The molecule has 3 aliphatic heterocycles. The molecule has 202 valence electrons. The predicted octanol–water partition coefficient (Wildman–Crippen LogP) is 4.16. The number of likely N-dealkylation sites (tertiary alicyclic amines) is 1. The number of aliphatic hydroxyl groups excluding tert-OH is 1. The van der Waals surface area contributed by atoms with Crippen molar-refractivity contribution in [1.82, 2.24) is 4.90 Å². The minimum absolute atomic E-state index is 0.0529. The van der Waals surface area contributed by atoms with E-state index in [0.29, 0.717) is 35.2 Å². The van der Waals surface area contributed by atoms with Crippen molar-refractivity contribution in [3.63, 3.8) is 0 Å². The molecule has 0 radical (unpaired) electrons. The third-order valence-corrected chi connectivity index (χ3v) is 11.0. The first-order valence-corrected chi connectivity index (χ1v) is 14.7. The van der Waals surface area contributed by atoms with Gasteiger partial charge in [-0.1, -0.05) is 27.5 Å². The Bertz CT molecular complexity index is 1230. The summed E-state index contributed by atoms with van der Waals surface area (Å²) >= 11 is 11.3. The molecule has 1 spiro atoms. The highest BCUT2D eigenvalue weighted by Crippen LogP contribution is 2.68. The van der Waals surface area contributed by atoms with E-state index in [1.165, 1.54) is 4.90 Å². The Morgan fingerprint density at radius 3 is 2.37 bits per heavy atom. The average Bonchev–Trinajstić information content (AvgIpc) is 3.49. The lowest BCUT2D eigenvalue weighted by Crippen LogP contribution is -2.54. The Hall–Kier alpha value is -2.27. The predicted molar refractivity (Wildman–Crippen MR) is 152 cm³/mol. The number of carbonyl (C=O) groups is 3. The Morgan fingerprint density at radius 1 is 1.16 bits per heavy atom. The smallest absolute Gasteiger partial charge is 0.248 e. The van der Waals surface area contributed by atoms with Gasteiger partial charge in [-0.15, -0.1) is 11.8 Å². The largest absolute Gasteiger partial charge is 0.494 e. The van der Waals surface area contributed by atoms with Crippen molar-refractivity contribution in [1.29, 1.82) is 0 Å². The highest BCUT2D eigenvalue weighted by molar-refractivity contribution is 9.09. The van der Waals surface area contributed by atoms with E-state index in [4.69, 9.17) is 16.3 Å². The third-order valence-electron chi connectivity index (χ3n) is 7.56. The fourth-order valence-electron chi connectivity index (χ4n) is 6.00. The quantitative estimate of drug-likeness (QED) is 0.382. The Kier molecular flexibility index (Phi) is 7.70. The number of halogens is 2. The van der Waals surface area contributed by atoms with Crippen LogP contribution < -0.4 is 15.4 Å². The lowest BCUT2D eigenvalue weighted by molar-refractivity contribution is -0.140. The Labute approximate surface area is 238 Å². The number of anilines is 2. The van der Waals surface area contributed by atoms with Crippen LogP contribution in [0.1, 0.15) is 20.3 Å². The molecule has 2 aromatic carbocycles. The second-order valence-corrected chi connectivity index (χ2v) is 13.0. The van der Waals surface area contributed by atoms with Crippen molar-refractivity contribution in [2.24, 2.45) is 11.8 Å². The molecule has 0 aromatic heterocycles. The molecule has 38 heavy (non-hydrogen) atoms. The van der Waals surface area contributed by atoms with Gasteiger partial charge in [-0.3, -0.25) is 14.4 Å². The third kappa shape index (κ3) is 4.59. The van der Waals surface area contributed by atoms with Gasteiger partial charge in [0.2, 0.25) is 17.7 Å². The number of thioether (sulfide) groups is 1. The maximum absolute atomic E-state index is 14.0. The van der Waals surface area contributed by atoms with Crippen LogP contribution >= 0.6 is 39.3 Å². The number of nitrogens with zero attached hydrogens (tertiary/aromatic N) is 1. The monoisotopic (exact) mass is 621 g/mol. The number of hydrogen-bond acceptors (Lipinski definition) is 6. The van der Waals surface area contributed by atoms with Gasteiger partial charge >= 0.3 is 0 Å². The number of aliphatic hydroxyl groups is 1. The van der Waals surface area contributed by atoms with E-state index in [9.17, 15) is 19.5 Å². The van der Waals surface area contributed by atoms with E-state index in [0.717, 1.165) is 0 Å². The van der Waals surface area contributed by atoms with Gasteiger partial charge in [-0.2, -0.15) is 0 Å². The molecule has 3 aliphatic rings. The van der Waals surface area contributed by atoms with Crippen LogP contribution in [0, 0.1) is 11.8 Å². The van der Waals surface area contributed by atoms with E-state index < -0.39 is 28.7 Å². The van der Waals surface area contributed by atoms with Gasteiger partial charge in [0.15, 0.2) is 0 Å². The van der Waals surface area contributed by atoms with Crippen LogP contribution in [-0.2, 0) is 14.4 Å². The lowest BCUT2D eigenvalue weighted by atomic mass is 9.70. The normalized spacial score (nSPS) is 30.2. The Balaban J connectivity index is 1.46. The fourth-order valence-corrected chi connectivity index (χ4v) is 9.73. The van der Waals surface area contributed by atoms with Crippen LogP contribution in [0.5, 0.6) is 5.75 Å². The standard InChI is InChI=1S/C27H29BrClN3O5S/c1-3-37-18-10-8-17(9-11-18)30-24(34)20-21-26(36)32(14(2)13-33)23(27(21)12-19(28)22(20)38-27)25(35)31-16-6-4-15(29)5-7-16/h4-11,14,19-23,33H,3,12-13H2,1-2H3,(H,30,34)(H,31,35)/t14-,19?,20+,21+,22+,23?,27?/m1/s1. The van der Waals surface area contributed by atoms with Gasteiger partial charge in [0, 0.05) is 26.5 Å². The van der Waals surface area contributed by atoms with E-state index in [-0.39, 0.29) is 34.4 Å². The number of amides is 3. The summed E-state index contributed by atoms with van der Waals surface area (Å²) in [4.78, 5) is 42.9. The first kappa shape index (κ1) is 27.3. The van der Waals surface area contributed by atoms with Gasteiger partial charge < -0.3 is 25.4 Å². The summed E-state index contributed by atoms with van der Waals surface area (Å²) in [6, 6.07) is 12.4. The molecule has 7 atom stereocenters. The van der Waals surface area contributed by atoms with Crippen LogP contribution in [0.15, 0.2) is 48.5 Å². The molecule has 3 unspecified atom stereocenters. The molecule has 8 nitrogen and oxygen atoms in total. The molecule has 0 saturated carbocycles. The first-order valence-electron chi connectivity index (χ1n) is 12.5. The molecule has 3 saturated heterocycles. The van der Waals surface area contributed by atoms with Gasteiger partial charge in [0.05, 0.1) is 35.8 Å². The minimum atomic E-state index is -0.851. The SMILES string of the molecule is CCOc1ccc(NC(=O)[C@H]2[C@H]3C(=O)N([C@H](C)CO)C(C(=O)Nc4ccc(Cl)cc4)C34CC(Br)[C@@H]2S4)cc1. The lowest BCUT2D eigenvalue weighted by Gasteiger charge is -2.36. The molecule has 3 amide bonds. The highest BCUT2D eigenvalue weighted by atomic mass is 79.9. The van der Waals surface area contributed by atoms with Gasteiger partial charge in [-0.25, -0.2) is 0 Å². The number of fused-ring (bicyclic) bond motifs is 1. The second kappa shape index (κ2) is 10.7. The molecular formula is C27H29BrClN3O5S. The fraction of sp³-hybridized carbons (Fsp3) is 0.444. The first-order chi connectivity index (χ1) is 18.2. The van der Waals surface area contributed by atoms with Crippen molar-refractivity contribution in [2.45, 2.75) is 47.2 Å². The topological polar surface area (TPSA) is 108 Å². The molecule has 0 aliphatic carbocycles. The van der Waals surface area contributed by atoms with Crippen molar-refractivity contribution >= 4 is 68.4 Å². The van der Waals surface area contributed by atoms with Gasteiger partial charge in [-0.05, 0) is 68.8 Å². The summed E-state index contributed by atoms with van der Waals surface area (Å²) in [7, 11) is 0. The summed E-state index contributed by atoms with van der Waals surface area (Å²) in [5, 5.41) is 16.3. The van der Waals surface area contributed by atoms with Crippen molar-refractivity contribution in [3.8, 4) is 5.75 Å². The molecule has 3 fully saturated rings. The van der Waals surface area contributed by atoms with E-state index in [1.54, 1.807) is 67.2 Å². The molecule has 5 rings (SSSR count). The Morgan fingerprint density at radius 2 is 1.76 bits per heavy atom. The van der Waals surface area contributed by atoms with Crippen molar-refractivity contribution < 1.29 is 24.2 Å². The van der Waals surface area contributed by atoms with E-state index >= 15 is 0 Å². The second-order valence-electron chi connectivity index (χ2n) is 9.88. The maximum atomic E-state index is 14.0. The summed E-state index contributed by atoms with van der Waals surface area (Å²) in [5.74, 6) is -1.50. The zero-order valence-corrected chi connectivity index (χ0v) is 24.1. The van der Waals surface area contributed by atoms with Crippen LogP contribution in [-0.4, -0.2) is 67.8 Å². The number of benzene rings is 2. The van der Waals surface area contributed by atoms with E-state index in [2.05, 4.69) is 26.6 Å². The zero-order valence-electron chi connectivity index (χ0n) is 20.9. The number of alkyl halides is 1. The number of ether oxygens (including phenoxy) is 1. The summed E-state index contributed by atoms with van der Waals surface area (Å²) in [6.45, 7) is 3.86. The minimum Gasteiger partial charge on any atom is -0.494 e. The highest BCUT2D eigenvalue weighted by Gasteiger charge is 2.76. The molecule has 2 aromatic rings. The molecular weight excluding hydrogens is 594 g/mol. The number of nitrogens with one attached hydrogen (secondary N) is 2. The summed E-state index contributed by atoms with van der Waals surface area (Å²) in [6.07, 6.45) is 0.554.